The van der Waals surface area contributed by atoms with Crippen molar-refractivity contribution in [2.75, 3.05) is 0 Å². The summed E-state index contributed by atoms with van der Waals surface area (Å²) in [5.41, 5.74) is 6.15. The number of benzene rings is 1. The van der Waals surface area contributed by atoms with E-state index in [0.717, 1.165) is 5.56 Å². The summed E-state index contributed by atoms with van der Waals surface area (Å²) in [6, 6.07) is 5.52. The van der Waals surface area contributed by atoms with Gasteiger partial charge in [0.25, 0.3) is 0 Å². The van der Waals surface area contributed by atoms with Gasteiger partial charge in [-0.1, -0.05) is 24.3 Å². The van der Waals surface area contributed by atoms with E-state index in [9.17, 15) is 8.78 Å². The van der Waals surface area contributed by atoms with Gasteiger partial charge in [-0.05, 0) is 24.1 Å². The zero-order chi connectivity index (χ0) is 10.1. The second kappa shape index (κ2) is 3.60. The first-order valence-electron chi connectivity index (χ1n) is 3.84. The molecule has 0 aromatic heterocycles. The van der Waals surface area contributed by atoms with Gasteiger partial charge in [0.15, 0.2) is 0 Å². The Morgan fingerprint density at radius 3 is 2.08 bits per heavy atom. The van der Waals surface area contributed by atoms with Crippen LogP contribution in [0.25, 0.3) is 0 Å². The van der Waals surface area contributed by atoms with Gasteiger partial charge < -0.3 is 5.73 Å². The summed E-state index contributed by atoms with van der Waals surface area (Å²) in [6.07, 6.45) is 0. The maximum atomic E-state index is 12.5. The fourth-order valence-electron chi connectivity index (χ4n) is 0.976. The molecule has 0 radical (unpaired) electrons. The predicted molar refractivity (Wildman–Crippen MR) is 48.8 cm³/mol. The Balaban J connectivity index is 2.94. The lowest BCUT2D eigenvalue weighted by atomic mass is 10.1. The number of hydrogen-bond donors (Lipinski definition) is 1. The molecule has 0 amide bonds. The SMILES string of the molecule is CC(N)c1ccc(C(F)(F)Cl)cc1. The highest BCUT2D eigenvalue weighted by Crippen LogP contribution is 2.32. The molecule has 1 aromatic carbocycles. The normalized spacial score (nSPS) is 14.2. The lowest BCUT2D eigenvalue weighted by Crippen LogP contribution is -2.07. The topological polar surface area (TPSA) is 26.0 Å². The third-order valence-electron chi connectivity index (χ3n) is 1.76. The molecule has 2 N–H and O–H groups in total. The summed E-state index contributed by atoms with van der Waals surface area (Å²) >= 11 is 4.83. The molecule has 0 aliphatic heterocycles. The van der Waals surface area contributed by atoms with Crippen LogP contribution in [0, 0.1) is 0 Å². The monoisotopic (exact) mass is 205 g/mol. The Hall–Kier alpha value is -0.670. The molecule has 1 rings (SSSR count). The van der Waals surface area contributed by atoms with Gasteiger partial charge in [0, 0.05) is 11.6 Å². The van der Waals surface area contributed by atoms with Crippen molar-refractivity contribution in [1.29, 1.82) is 0 Å². The third kappa shape index (κ3) is 2.64. The molecule has 0 aliphatic rings. The van der Waals surface area contributed by atoms with Gasteiger partial charge in [-0.15, -0.1) is 0 Å². The fourth-order valence-corrected chi connectivity index (χ4v) is 1.10. The minimum atomic E-state index is -3.30. The third-order valence-corrected chi connectivity index (χ3v) is 1.98. The average molecular weight is 206 g/mol. The molecule has 13 heavy (non-hydrogen) atoms. The van der Waals surface area contributed by atoms with E-state index in [1.165, 1.54) is 12.1 Å². The predicted octanol–water partition coefficient (Wildman–Crippen LogP) is 2.99. The standard InChI is InChI=1S/C9H10ClF2N/c1-6(13)7-2-4-8(5-3-7)9(10,11)12/h2-6H,13H2,1H3. The number of halogens is 3. The number of rotatable bonds is 2. The molecular formula is C9H10ClF2N. The Morgan fingerprint density at radius 2 is 1.77 bits per heavy atom. The smallest absolute Gasteiger partial charge is 0.324 e. The second-order valence-corrected chi connectivity index (χ2v) is 3.38. The van der Waals surface area contributed by atoms with Crippen molar-refractivity contribution in [3.63, 3.8) is 0 Å². The highest BCUT2D eigenvalue weighted by molar-refractivity contribution is 6.21. The molecule has 1 unspecified atom stereocenters. The first kappa shape index (κ1) is 10.4. The molecule has 4 heteroatoms. The fraction of sp³-hybridized carbons (Fsp3) is 0.333. The molecule has 0 saturated heterocycles. The molecule has 0 saturated carbocycles. The summed E-state index contributed by atoms with van der Waals surface area (Å²) in [5, 5.41) is -3.30. The van der Waals surface area contributed by atoms with Crippen molar-refractivity contribution < 1.29 is 8.78 Å². The van der Waals surface area contributed by atoms with E-state index in [2.05, 4.69) is 0 Å². The lowest BCUT2D eigenvalue weighted by Gasteiger charge is -2.10. The van der Waals surface area contributed by atoms with Crippen LogP contribution in [0.5, 0.6) is 0 Å². The van der Waals surface area contributed by atoms with E-state index in [1.54, 1.807) is 19.1 Å². The number of hydrogen-bond acceptors (Lipinski definition) is 1. The zero-order valence-corrected chi connectivity index (χ0v) is 7.85. The van der Waals surface area contributed by atoms with E-state index < -0.39 is 5.38 Å². The molecule has 1 atom stereocenters. The van der Waals surface area contributed by atoms with Crippen LogP contribution in [-0.4, -0.2) is 0 Å². The van der Waals surface area contributed by atoms with Crippen molar-refractivity contribution in [3.8, 4) is 0 Å². The molecule has 72 valence electrons. The first-order chi connectivity index (χ1) is 5.91. The van der Waals surface area contributed by atoms with Gasteiger partial charge >= 0.3 is 5.38 Å². The zero-order valence-electron chi connectivity index (χ0n) is 7.10. The minimum Gasteiger partial charge on any atom is -0.324 e. The Labute approximate surface area is 80.5 Å². The molecule has 0 fully saturated rings. The Morgan fingerprint density at radius 1 is 1.31 bits per heavy atom. The van der Waals surface area contributed by atoms with Crippen LogP contribution in [0.4, 0.5) is 8.78 Å². The van der Waals surface area contributed by atoms with Gasteiger partial charge in [-0.3, -0.25) is 0 Å². The maximum absolute atomic E-state index is 12.5. The van der Waals surface area contributed by atoms with Crippen LogP contribution in [0.2, 0.25) is 0 Å². The maximum Gasteiger partial charge on any atom is 0.348 e. The average Bonchev–Trinajstić information content (AvgIpc) is 2.03. The molecule has 1 aromatic rings. The molecule has 0 aliphatic carbocycles. The van der Waals surface area contributed by atoms with E-state index in [0.29, 0.717) is 0 Å². The Kier molecular flexibility index (Phi) is 2.88. The van der Waals surface area contributed by atoms with Gasteiger partial charge in [0.2, 0.25) is 0 Å². The molecule has 1 nitrogen and oxygen atoms in total. The molecule has 0 spiro atoms. The largest absolute Gasteiger partial charge is 0.348 e. The van der Waals surface area contributed by atoms with Crippen molar-refractivity contribution in [3.05, 3.63) is 35.4 Å². The van der Waals surface area contributed by atoms with E-state index in [-0.39, 0.29) is 11.6 Å². The number of alkyl halides is 3. The summed E-state index contributed by atoms with van der Waals surface area (Å²) in [7, 11) is 0. The lowest BCUT2D eigenvalue weighted by molar-refractivity contribution is 0.0951. The first-order valence-corrected chi connectivity index (χ1v) is 4.22. The highest BCUT2D eigenvalue weighted by Gasteiger charge is 2.27. The summed E-state index contributed by atoms with van der Waals surface area (Å²) in [6.45, 7) is 1.79. The van der Waals surface area contributed by atoms with Gasteiger partial charge in [-0.2, -0.15) is 8.78 Å². The molecule has 0 heterocycles. The van der Waals surface area contributed by atoms with Crippen LogP contribution >= 0.6 is 11.6 Å². The van der Waals surface area contributed by atoms with Crippen LogP contribution in [-0.2, 0) is 5.38 Å². The second-order valence-electron chi connectivity index (χ2n) is 2.91. The van der Waals surface area contributed by atoms with Crippen LogP contribution < -0.4 is 5.73 Å². The van der Waals surface area contributed by atoms with Gasteiger partial charge in [0.1, 0.15) is 0 Å². The summed E-state index contributed by atoms with van der Waals surface area (Å²) < 4.78 is 25.0. The van der Waals surface area contributed by atoms with Crippen LogP contribution in [0.3, 0.4) is 0 Å². The van der Waals surface area contributed by atoms with Crippen molar-refractivity contribution in [1.82, 2.24) is 0 Å². The van der Waals surface area contributed by atoms with E-state index in [4.69, 9.17) is 17.3 Å². The molecule has 0 bridgehead atoms. The summed E-state index contributed by atoms with van der Waals surface area (Å²) in [5.74, 6) is 0. The van der Waals surface area contributed by atoms with Crippen molar-refractivity contribution in [2.24, 2.45) is 5.73 Å². The van der Waals surface area contributed by atoms with Gasteiger partial charge in [0.05, 0.1) is 0 Å². The van der Waals surface area contributed by atoms with Gasteiger partial charge in [-0.25, -0.2) is 0 Å². The van der Waals surface area contributed by atoms with Crippen molar-refractivity contribution >= 4 is 11.6 Å². The van der Waals surface area contributed by atoms with Crippen LogP contribution in [0.1, 0.15) is 24.1 Å². The highest BCUT2D eigenvalue weighted by atomic mass is 35.5. The minimum absolute atomic E-state index is 0.155. The number of nitrogens with two attached hydrogens (primary N) is 1. The van der Waals surface area contributed by atoms with E-state index in [1.807, 2.05) is 0 Å². The summed E-state index contributed by atoms with van der Waals surface area (Å²) in [4.78, 5) is 0. The van der Waals surface area contributed by atoms with E-state index >= 15 is 0 Å². The molecular weight excluding hydrogens is 196 g/mol. The Bertz CT molecular complexity index is 277. The van der Waals surface area contributed by atoms with Crippen LogP contribution in [0.15, 0.2) is 24.3 Å². The van der Waals surface area contributed by atoms with Crippen molar-refractivity contribution in [2.45, 2.75) is 18.3 Å². The quantitative estimate of drug-likeness (QED) is 0.738.